The van der Waals surface area contributed by atoms with Crippen molar-refractivity contribution in [2.24, 2.45) is 5.92 Å². The van der Waals surface area contributed by atoms with Crippen molar-refractivity contribution in [2.75, 3.05) is 13.1 Å². The lowest BCUT2D eigenvalue weighted by molar-refractivity contribution is 0.0683. The summed E-state index contributed by atoms with van der Waals surface area (Å²) in [5.41, 5.74) is 1.67. The molecule has 0 radical (unpaired) electrons. The highest BCUT2D eigenvalue weighted by atomic mass is 16.2. The van der Waals surface area contributed by atoms with E-state index in [-0.39, 0.29) is 17.5 Å². The number of rotatable bonds is 4. The molecule has 2 aromatic rings. The second-order valence-electron chi connectivity index (χ2n) is 6.47. The predicted molar refractivity (Wildman–Crippen MR) is 93.9 cm³/mol. The predicted octanol–water partition coefficient (Wildman–Crippen LogP) is 2.28. The molecule has 1 atom stereocenters. The molecule has 0 aromatic carbocycles. The average molecular weight is 338 g/mol. The fraction of sp³-hybridized carbons (Fsp3) is 0.368. The second-order valence-corrected chi connectivity index (χ2v) is 6.47. The Morgan fingerprint density at radius 3 is 2.96 bits per heavy atom. The number of carbonyl (C=O) groups excluding carboxylic acids is 2. The smallest absolute Gasteiger partial charge is 0.270 e. The molecule has 1 aliphatic heterocycles. The van der Waals surface area contributed by atoms with Crippen molar-refractivity contribution >= 4 is 11.8 Å². The highest BCUT2D eigenvalue weighted by Crippen LogP contribution is 2.18. The molecule has 0 aliphatic carbocycles. The van der Waals surface area contributed by atoms with Gasteiger partial charge in [0.1, 0.15) is 5.69 Å². The summed E-state index contributed by atoms with van der Waals surface area (Å²) in [6.45, 7) is 4.07. The normalized spacial score (nSPS) is 17.2. The average Bonchev–Trinajstić information content (AvgIpc) is 2.66. The number of aromatic nitrogens is 2. The first-order chi connectivity index (χ1) is 12.1. The van der Waals surface area contributed by atoms with E-state index in [9.17, 15) is 9.59 Å². The van der Waals surface area contributed by atoms with Crippen molar-refractivity contribution < 1.29 is 9.59 Å². The fourth-order valence-electron chi connectivity index (χ4n) is 3.02. The monoisotopic (exact) mass is 338 g/mol. The molecule has 0 spiro atoms. The SMILES string of the molecule is CC1CCCN(C(=O)c2ccnc(C(=O)NCc3cccnc3)c2)C1. The summed E-state index contributed by atoms with van der Waals surface area (Å²) in [6.07, 6.45) is 7.08. The zero-order chi connectivity index (χ0) is 17.6. The maximum atomic E-state index is 12.7. The van der Waals surface area contributed by atoms with E-state index >= 15 is 0 Å². The molecule has 0 bridgehead atoms. The summed E-state index contributed by atoms with van der Waals surface area (Å²) in [7, 11) is 0. The summed E-state index contributed by atoms with van der Waals surface area (Å²) in [6, 6.07) is 6.94. The van der Waals surface area contributed by atoms with Gasteiger partial charge in [-0.1, -0.05) is 13.0 Å². The first-order valence-electron chi connectivity index (χ1n) is 8.56. The Hall–Kier alpha value is -2.76. The van der Waals surface area contributed by atoms with E-state index in [1.165, 1.54) is 6.20 Å². The van der Waals surface area contributed by atoms with Gasteiger partial charge in [-0.25, -0.2) is 0 Å². The quantitative estimate of drug-likeness (QED) is 0.928. The number of pyridine rings is 2. The molecule has 0 saturated carbocycles. The minimum absolute atomic E-state index is 0.0322. The van der Waals surface area contributed by atoms with Crippen LogP contribution in [-0.4, -0.2) is 39.8 Å². The van der Waals surface area contributed by atoms with Crippen LogP contribution in [0.25, 0.3) is 0 Å². The van der Waals surface area contributed by atoms with Gasteiger partial charge in [0.05, 0.1) is 0 Å². The van der Waals surface area contributed by atoms with Crippen LogP contribution in [0.1, 0.15) is 46.2 Å². The molecule has 2 amide bonds. The Kier molecular flexibility index (Phi) is 5.38. The number of likely N-dealkylation sites (tertiary alicyclic amines) is 1. The summed E-state index contributed by atoms with van der Waals surface area (Å²) < 4.78 is 0. The van der Waals surface area contributed by atoms with Crippen molar-refractivity contribution in [2.45, 2.75) is 26.3 Å². The molecule has 6 nitrogen and oxygen atoms in total. The van der Waals surface area contributed by atoms with E-state index in [0.29, 0.717) is 18.0 Å². The van der Waals surface area contributed by atoms with Crippen LogP contribution in [0.15, 0.2) is 42.9 Å². The lowest BCUT2D eigenvalue weighted by Crippen LogP contribution is -2.39. The van der Waals surface area contributed by atoms with Gasteiger partial charge in [-0.15, -0.1) is 0 Å². The van der Waals surface area contributed by atoms with Gasteiger partial charge in [0.15, 0.2) is 0 Å². The third-order valence-electron chi connectivity index (χ3n) is 4.36. The van der Waals surface area contributed by atoms with Crippen LogP contribution in [0.4, 0.5) is 0 Å². The van der Waals surface area contributed by atoms with Gasteiger partial charge in [-0.3, -0.25) is 19.6 Å². The molecular formula is C19H22N4O2. The Balaban J connectivity index is 1.66. The van der Waals surface area contributed by atoms with Gasteiger partial charge >= 0.3 is 0 Å². The van der Waals surface area contributed by atoms with Crippen molar-refractivity contribution in [3.05, 3.63) is 59.7 Å². The standard InChI is InChI=1S/C19H22N4O2/c1-14-4-3-9-23(13-14)19(25)16-6-8-21-17(10-16)18(24)22-12-15-5-2-7-20-11-15/h2,5-8,10-11,14H,3-4,9,12-13H2,1H3,(H,22,24). The third-order valence-corrected chi connectivity index (χ3v) is 4.36. The molecular weight excluding hydrogens is 316 g/mol. The largest absolute Gasteiger partial charge is 0.347 e. The van der Waals surface area contributed by atoms with Gasteiger partial charge in [-0.2, -0.15) is 0 Å². The maximum absolute atomic E-state index is 12.7. The first-order valence-corrected chi connectivity index (χ1v) is 8.56. The molecule has 1 fully saturated rings. The lowest BCUT2D eigenvalue weighted by Gasteiger charge is -2.31. The number of piperidine rings is 1. The van der Waals surface area contributed by atoms with Crippen LogP contribution in [0.5, 0.6) is 0 Å². The third kappa shape index (κ3) is 4.41. The number of carbonyl (C=O) groups is 2. The number of amides is 2. The molecule has 3 heterocycles. The van der Waals surface area contributed by atoms with Gasteiger partial charge in [0.2, 0.25) is 0 Å². The van der Waals surface area contributed by atoms with E-state index in [4.69, 9.17) is 0 Å². The number of hydrogen-bond acceptors (Lipinski definition) is 4. The Bertz CT molecular complexity index is 748. The Morgan fingerprint density at radius 1 is 1.32 bits per heavy atom. The van der Waals surface area contributed by atoms with Gasteiger partial charge < -0.3 is 10.2 Å². The summed E-state index contributed by atoms with van der Waals surface area (Å²) >= 11 is 0. The maximum Gasteiger partial charge on any atom is 0.270 e. The van der Waals surface area contributed by atoms with E-state index < -0.39 is 0 Å². The Labute approximate surface area is 147 Å². The first kappa shape index (κ1) is 17.1. The Morgan fingerprint density at radius 2 is 2.20 bits per heavy atom. The van der Waals surface area contributed by atoms with Gasteiger partial charge in [0.25, 0.3) is 11.8 Å². The van der Waals surface area contributed by atoms with Crippen molar-refractivity contribution in [3.63, 3.8) is 0 Å². The zero-order valence-electron chi connectivity index (χ0n) is 14.3. The molecule has 25 heavy (non-hydrogen) atoms. The van der Waals surface area contributed by atoms with Crippen LogP contribution in [0.3, 0.4) is 0 Å². The fourth-order valence-corrected chi connectivity index (χ4v) is 3.02. The summed E-state index contributed by atoms with van der Waals surface area (Å²) in [5, 5.41) is 2.80. The molecule has 1 N–H and O–H groups in total. The number of hydrogen-bond donors (Lipinski definition) is 1. The highest BCUT2D eigenvalue weighted by molar-refractivity contribution is 5.98. The second kappa shape index (κ2) is 7.88. The van der Waals surface area contributed by atoms with Gasteiger partial charge in [-0.05, 0) is 42.5 Å². The highest BCUT2D eigenvalue weighted by Gasteiger charge is 2.22. The summed E-state index contributed by atoms with van der Waals surface area (Å²) in [4.78, 5) is 34.9. The minimum Gasteiger partial charge on any atom is -0.347 e. The van der Waals surface area contributed by atoms with E-state index in [1.807, 2.05) is 17.0 Å². The molecule has 1 saturated heterocycles. The van der Waals surface area contributed by atoms with Crippen LogP contribution >= 0.6 is 0 Å². The molecule has 1 unspecified atom stereocenters. The lowest BCUT2D eigenvalue weighted by atomic mass is 9.99. The van der Waals surface area contributed by atoms with Crippen molar-refractivity contribution in [1.29, 1.82) is 0 Å². The van der Waals surface area contributed by atoms with E-state index in [2.05, 4.69) is 22.2 Å². The molecule has 3 rings (SSSR count). The summed E-state index contributed by atoms with van der Waals surface area (Å²) in [5.74, 6) is 0.183. The zero-order valence-corrected chi connectivity index (χ0v) is 14.3. The molecule has 2 aromatic heterocycles. The van der Waals surface area contributed by atoms with Crippen LogP contribution in [-0.2, 0) is 6.54 Å². The van der Waals surface area contributed by atoms with Crippen molar-refractivity contribution in [1.82, 2.24) is 20.2 Å². The topological polar surface area (TPSA) is 75.2 Å². The van der Waals surface area contributed by atoms with Crippen molar-refractivity contribution in [3.8, 4) is 0 Å². The molecule has 1 aliphatic rings. The van der Waals surface area contributed by atoms with Crippen LogP contribution < -0.4 is 5.32 Å². The number of nitrogens with zero attached hydrogens (tertiary/aromatic N) is 3. The van der Waals surface area contributed by atoms with Crippen LogP contribution in [0.2, 0.25) is 0 Å². The molecule has 6 heteroatoms. The number of nitrogens with one attached hydrogen (secondary N) is 1. The minimum atomic E-state index is -0.300. The van der Waals surface area contributed by atoms with E-state index in [0.717, 1.165) is 31.5 Å². The van der Waals surface area contributed by atoms with E-state index in [1.54, 1.807) is 24.5 Å². The van der Waals surface area contributed by atoms with Crippen LogP contribution in [0, 0.1) is 5.92 Å². The molecule has 130 valence electrons. The van der Waals surface area contributed by atoms with Gasteiger partial charge in [0, 0.05) is 43.8 Å².